The summed E-state index contributed by atoms with van der Waals surface area (Å²) in [7, 11) is 3.32. The maximum atomic E-state index is 5.38. The van der Waals surface area contributed by atoms with Crippen LogP contribution in [0.25, 0.3) is 5.57 Å². The molecule has 3 rings (SSSR count). The minimum absolute atomic E-state index is 0.271. The van der Waals surface area contributed by atoms with Crippen molar-refractivity contribution in [2.45, 2.75) is 12.6 Å². The first-order valence-corrected chi connectivity index (χ1v) is 6.45. The van der Waals surface area contributed by atoms with Gasteiger partial charge in [0.2, 0.25) is 0 Å². The molecular weight excluding hydrogens is 240 g/mol. The van der Waals surface area contributed by atoms with E-state index in [1.54, 1.807) is 14.2 Å². The minimum atomic E-state index is 0.271. The quantitative estimate of drug-likeness (QED) is 0.869. The van der Waals surface area contributed by atoms with Gasteiger partial charge in [0.1, 0.15) is 0 Å². The van der Waals surface area contributed by atoms with Crippen LogP contribution in [0.3, 0.4) is 0 Å². The molecule has 0 spiro atoms. The Morgan fingerprint density at radius 2 is 2.00 bits per heavy atom. The molecule has 0 radical (unpaired) electrons. The third kappa shape index (κ3) is 2.08. The van der Waals surface area contributed by atoms with Crippen LogP contribution in [0.2, 0.25) is 0 Å². The number of dihydropyridines is 1. The maximum Gasteiger partial charge on any atom is 0.161 e. The van der Waals surface area contributed by atoms with E-state index in [0.29, 0.717) is 0 Å². The number of ether oxygens (including phenoxy) is 2. The summed E-state index contributed by atoms with van der Waals surface area (Å²) in [5, 5.41) is 6.76. The minimum Gasteiger partial charge on any atom is -0.493 e. The summed E-state index contributed by atoms with van der Waals surface area (Å²) in [6.07, 6.45) is 5.47. The fraction of sp³-hybridized carbons (Fsp3) is 0.333. The smallest absolute Gasteiger partial charge is 0.161 e. The Hall–Kier alpha value is -1.94. The molecule has 1 fully saturated rings. The molecule has 0 saturated carbocycles. The molecule has 0 bridgehead atoms. The summed E-state index contributed by atoms with van der Waals surface area (Å²) in [5.74, 6) is 1.53. The highest BCUT2D eigenvalue weighted by molar-refractivity contribution is 5.80. The fourth-order valence-corrected chi connectivity index (χ4v) is 2.69. The van der Waals surface area contributed by atoms with E-state index >= 15 is 0 Å². The van der Waals surface area contributed by atoms with Crippen LogP contribution in [0.15, 0.2) is 36.0 Å². The van der Waals surface area contributed by atoms with Gasteiger partial charge in [-0.05, 0) is 47.5 Å². The number of hydrogen-bond acceptors (Lipinski definition) is 4. The van der Waals surface area contributed by atoms with Gasteiger partial charge in [0.15, 0.2) is 11.5 Å². The zero-order valence-corrected chi connectivity index (χ0v) is 11.2. The standard InChI is InChI=1S/C15H18N2O2/c1-18-13-4-3-10(9-14(13)19-2)11-5-7-16-15-12(11)6-8-17-15/h3-5,7,9,15-17H,6,8H2,1-2H3. The number of fused-ring (bicyclic) bond motifs is 1. The van der Waals surface area contributed by atoms with Crippen LogP contribution in [0, 0.1) is 0 Å². The monoisotopic (exact) mass is 258 g/mol. The number of nitrogens with one attached hydrogen (secondary N) is 2. The van der Waals surface area contributed by atoms with Crippen LogP contribution in [0.4, 0.5) is 0 Å². The van der Waals surface area contributed by atoms with Crippen molar-refractivity contribution >= 4 is 5.57 Å². The van der Waals surface area contributed by atoms with Gasteiger partial charge >= 0.3 is 0 Å². The van der Waals surface area contributed by atoms with Crippen LogP contribution >= 0.6 is 0 Å². The van der Waals surface area contributed by atoms with E-state index in [-0.39, 0.29) is 6.17 Å². The zero-order chi connectivity index (χ0) is 13.2. The van der Waals surface area contributed by atoms with Crippen LogP contribution in [0.5, 0.6) is 11.5 Å². The molecular formula is C15H18N2O2. The molecule has 2 aliphatic heterocycles. The maximum absolute atomic E-state index is 5.38. The summed E-state index contributed by atoms with van der Waals surface area (Å²) in [4.78, 5) is 0. The Morgan fingerprint density at radius 3 is 2.79 bits per heavy atom. The van der Waals surface area contributed by atoms with Gasteiger partial charge in [0.25, 0.3) is 0 Å². The molecule has 1 aromatic carbocycles. The van der Waals surface area contributed by atoms with Crippen LogP contribution in [0.1, 0.15) is 12.0 Å². The summed E-state index contributed by atoms with van der Waals surface area (Å²) < 4.78 is 10.7. The molecule has 4 nitrogen and oxygen atoms in total. The van der Waals surface area contributed by atoms with Crippen molar-refractivity contribution in [3.8, 4) is 11.5 Å². The molecule has 1 aromatic rings. The lowest BCUT2D eigenvalue weighted by Crippen LogP contribution is -2.36. The van der Waals surface area contributed by atoms with Crippen molar-refractivity contribution < 1.29 is 9.47 Å². The predicted molar refractivity (Wildman–Crippen MR) is 75.1 cm³/mol. The summed E-state index contributed by atoms with van der Waals surface area (Å²) in [5.41, 5.74) is 3.85. The summed E-state index contributed by atoms with van der Waals surface area (Å²) >= 11 is 0. The lowest BCUT2D eigenvalue weighted by atomic mass is 9.95. The van der Waals surface area contributed by atoms with Gasteiger partial charge in [-0.3, -0.25) is 5.32 Å². The van der Waals surface area contributed by atoms with Gasteiger partial charge < -0.3 is 14.8 Å². The summed E-state index contributed by atoms with van der Waals surface area (Å²) in [6, 6.07) is 6.07. The van der Waals surface area contributed by atoms with Gasteiger partial charge in [-0.25, -0.2) is 0 Å². The predicted octanol–water partition coefficient (Wildman–Crippen LogP) is 1.89. The molecule has 19 heavy (non-hydrogen) atoms. The highest BCUT2D eigenvalue weighted by atomic mass is 16.5. The second-order valence-electron chi connectivity index (χ2n) is 4.65. The molecule has 1 saturated heterocycles. The zero-order valence-electron chi connectivity index (χ0n) is 11.2. The van der Waals surface area contributed by atoms with E-state index in [2.05, 4.69) is 22.8 Å². The molecule has 2 N–H and O–H groups in total. The van der Waals surface area contributed by atoms with Crippen LogP contribution in [-0.2, 0) is 0 Å². The highest BCUT2D eigenvalue weighted by Crippen LogP contribution is 2.34. The molecule has 2 aliphatic rings. The number of hydrogen-bond donors (Lipinski definition) is 2. The van der Waals surface area contributed by atoms with Crippen molar-refractivity contribution in [3.63, 3.8) is 0 Å². The first kappa shape index (κ1) is 12.1. The van der Waals surface area contributed by atoms with Gasteiger partial charge in [-0.15, -0.1) is 0 Å². The van der Waals surface area contributed by atoms with Gasteiger partial charge in [-0.2, -0.15) is 0 Å². The van der Waals surface area contributed by atoms with Crippen molar-refractivity contribution in [1.82, 2.24) is 10.6 Å². The van der Waals surface area contributed by atoms with Gasteiger partial charge in [0.05, 0.1) is 20.4 Å². The SMILES string of the molecule is COc1ccc(C2=C3CCNC3NC=C2)cc1OC. The Balaban J connectivity index is 2.04. The molecule has 100 valence electrons. The van der Waals surface area contributed by atoms with E-state index in [0.717, 1.165) is 24.5 Å². The molecule has 0 aromatic heterocycles. The van der Waals surface area contributed by atoms with Gasteiger partial charge in [0, 0.05) is 6.54 Å². The van der Waals surface area contributed by atoms with Crippen LogP contribution < -0.4 is 20.1 Å². The second kappa shape index (κ2) is 4.97. The van der Waals surface area contributed by atoms with E-state index in [9.17, 15) is 0 Å². The molecule has 1 unspecified atom stereocenters. The first-order chi connectivity index (χ1) is 9.33. The molecule has 0 aliphatic carbocycles. The lowest BCUT2D eigenvalue weighted by Gasteiger charge is -2.21. The molecule has 4 heteroatoms. The second-order valence-corrected chi connectivity index (χ2v) is 4.65. The van der Waals surface area contributed by atoms with Crippen molar-refractivity contribution in [2.75, 3.05) is 20.8 Å². The van der Waals surface area contributed by atoms with Crippen LogP contribution in [-0.4, -0.2) is 26.9 Å². The first-order valence-electron chi connectivity index (χ1n) is 6.45. The average molecular weight is 258 g/mol. The normalized spacial score (nSPS) is 21.1. The Labute approximate surface area is 113 Å². The van der Waals surface area contributed by atoms with E-state index in [4.69, 9.17) is 9.47 Å². The largest absolute Gasteiger partial charge is 0.493 e. The lowest BCUT2D eigenvalue weighted by molar-refractivity contribution is 0.355. The van der Waals surface area contributed by atoms with Crippen molar-refractivity contribution in [2.24, 2.45) is 0 Å². The van der Waals surface area contributed by atoms with Crippen molar-refractivity contribution in [1.29, 1.82) is 0 Å². The Bertz CT molecular complexity index is 549. The highest BCUT2D eigenvalue weighted by Gasteiger charge is 2.25. The number of rotatable bonds is 3. The van der Waals surface area contributed by atoms with Gasteiger partial charge in [-0.1, -0.05) is 6.07 Å². The third-order valence-corrected chi connectivity index (χ3v) is 3.64. The number of allylic oxidation sites excluding steroid dienone is 2. The third-order valence-electron chi connectivity index (χ3n) is 3.64. The average Bonchev–Trinajstić information content (AvgIpc) is 2.94. The number of benzene rings is 1. The van der Waals surface area contributed by atoms with Crippen molar-refractivity contribution in [3.05, 3.63) is 41.6 Å². The molecule has 1 atom stereocenters. The van der Waals surface area contributed by atoms with E-state index in [1.165, 1.54) is 16.7 Å². The van der Waals surface area contributed by atoms with E-state index < -0.39 is 0 Å². The Morgan fingerprint density at radius 1 is 1.16 bits per heavy atom. The molecule has 2 heterocycles. The topological polar surface area (TPSA) is 42.5 Å². The van der Waals surface area contributed by atoms with E-state index in [1.807, 2.05) is 18.3 Å². The molecule has 0 amide bonds. The Kier molecular flexibility index (Phi) is 3.17. The summed E-state index contributed by atoms with van der Waals surface area (Å²) in [6.45, 7) is 1.02. The number of methoxy groups -OCH3 is 2. The fourth-order valence-electron chi connectivity index (χ4n) is 2.69.